The number of carbonyl (C=O) groups excluding carboxylic acids is 2. The highest BCUT2D eigenvalue weighted by molar-refractivity contribution is 5.96. The summed E-state index contributed by atoms with van der Waals surface area (Å²) < 4.78 is 0. The predicted octanol–water partition coefficient (Wildman–Crippen LogP) is -0.193. The Morgan fingerprint density at radius 1 is 1.53 bits per heavy atom. The fourth-order valence-corrected chi connectivity index (χ4v) is 2.37. The number of hydrogen-bond donors (Lipinski definition) is 3. The fourth-order valence-electron chi connectivity index (χ4n) is 2.37. The number of nitrogens with two attached hydrogens (primary N) is 1. The Morgan fingerprint density at radius 3 is 2.82 bits per heavy atom. The monoisotopic (exact) mass is 243 g/mol. The molecule has 1 heterocycles. The summed E-state index contributed by atoms with van der Waals surface area (Å²) in [6.45, 7) is 2.69. The number of primary amides is 1. The average Bonchev–Trinajstić information content (AvgIpc) is 2.28. The number of aliphatic hydroxyl groups excluding tert-OH is 1. The minimum Gasteiger partial charge on any atom is -0.396 e. The van der Waals surface area contributed by atoms with E-state index in [0.29, 0.717) is 6.42 Å². The molecule has 2 unspecified atom stereocenters. The smallest absolute Gasteiger partial charge is 0.318 e. The molecule has 1 rings (SSSR count). The lowest BCUT2D eigenvalue weighted by atomic mass is 9.97. The highest BCUT2D eigenvalue weighted by atomic mass is 16.3. The van der Waals surface area contributed by atoms with E-state index in [1.54, 1.807) is 6.92 Å². The third-order valence-electron chi connectivity index (χ3n) is 3.26. The number of aliphatic hydroxyl groups is 1. The summed E-state index contributed by atoms with van der Waals surface area (Å²) in [6.07, 6.45) is 3.80. The number of piperidine rings is 1. The van der Waals surface area contributed by atoms with Crippen LogP contribution < -0.4 is 11.1 Å². The summed E-state index contributed by atoms with van der Waals surface area (Å²) in [6, 6.07) is -1.00. The van der Waals surface area contributed by atoms with Gasteiger partial charge in [0.25, 0.3) is 0 Å². The molecule has 98 valence electrons. The Hall–Kier alpha value is -1.14. The van der Waals surface area contributed by atoms with Crippen LogP contribution in [-0.4, -0.2) is 47.2 Å². The second kappa shape index (κ2) is 6.56. The normalized spacial score (nSPS) is 23.1. The molecular formula is C11H21N3O3. The molecule has 4 N–H and O–H groups in total. The van der Waals surface area contributed by atoms with E-state index in [4.69, 9.17) is 10.8 Å². The van der Waals surface area contributed by atoms with E-state index in [0.717, 1.165) is 25.8 Å². The average molecular weight is 243 g/mol. The minimum absolute atomic E-state index is 0.116. The Labute approximate surface area is 101 Å². The summed E-state index contributed by atoms with van der Waals surface area (Å²) in [5.74, 6) is -0.373. The van der Waals surface area contributed by atoms with Crippen molar-refractivity contribution in [3.63, 3.8) is 0 Å². The molecule has 1 aliphatic heterocycles. The number of nitrogens with one attached hydrogen (secondary N) is 1. The molecular weight excluding hydrogens is 222 g/mol. The third kappa shape index (κ3) is 3.98. The molecule has 0 radical (unpaired) electrons. The van der Waals surface area contributed by atoms with Gasteiger partial charge in [0.2, 0.25) is 5.91 Å². The van der Waals surface area contributed by atoms with Crippen LogP contribution in [0.2, 0.25) is 0 Å². The number of imide groups is 1. The van der Waals surface area contributed by atoms with Crippen molar-refractivity contribution >= 4 is 11.9 Å². The Balaban J connectivity index is 2.60. The number of likely N-dealkylation sites (tertiary alicyclic amines) is 1. The zero-order valence-electron chi connectivity index (χ0n) is 10.2. The van der Waals surface area contributed by atoms with Crippen LogP contribution in [0.4, 0.5) is 4.79 Å². The molecule has 3 amide bonds. The standard InChI is InChI=1S/C11H21N3O3/c1-8(10(16)13-11(12)17)14-6-3-2-4-9(14)5-7-15/h8-9,15H,2-7H2,1H3,(H3,12,13,16,17). The van der Waals surface area contributed by atoms with Crippen molar-refractivity contribution in [3.8, 4) is 0 Å². The van der Waals surface area contributed by atoms with E-state index >= 15 is 0 Å². The lowest BCUT2D eigenvalue weighted by Crippen LogP contribution is -2.53. The Morgan fingerprint density at radius 2 is 2.24 bits per heavy atom. The van der Waals surface area contributed by atoms with E-state index in [1.165, 1.54) is 0 Å². The van der Waals surface area contributed by atoms with Crippen LogP contribution in [0.15, 0.2) is 0 Å². The van der Waals surface area contributed by atoms with Crippen LogP contribution in [0.25, 0.3) is 0 Å². The summed E-state index contributed by atoms with van der Waals surface area (Å²) in [5.41, 5.74) is 4.92. The van der Waals surface area contributed by atoms with Gasteiger partial charge in [-0.1, -0.05) is 6.42 Å². The lowest BCUT2D eigenvalue weighted by molar-refractivity contribution is -0.126. The second-order valence-corrected chi connectivity index (χ2v) is 4.43. The van der Waals surface area contributed by atoms with Crippen LogP contribution in [0.1, 0.15) is 32.6 Å². The number of hydrogen-bond acceptors (Lipinski definition) is 4. The van der Waals surface area contributed by atoms with Crippen LogP contribution in [0.5, 0.6) is 0 Å². The molecule has 0 bridgehead atoms. The highest BCUT2D eigenvalue weighted by Crippen LogP contribution is 2.21. The summed E-state index contributed by atoms with van der Waals surface area (Å²) in [7, 11) is 0. The number of carbonyl (C=O) groups is 2. The van der Waals surface area contributed by atoms with Crippen molar-refractivity contribution in [2.45, 2.75) is 44.7 Å². The van der Waals surface area contributed by atoms with Crippen LogP contribution in [-0.2, 0) is 4.79 Å². The van der Waals surface area contributed by atoms with Crippen LogP contribution in [0.3, 0.4) is 0 Å². The van der Waals surface area contributed by atoms with Crippen molar-refractivity contribution in [3.05, 3.63) is 0 Å². The first-order valence-corrected chi connectivity index (χ1v) is 6.03. The van der Waals surface area contributed by atoms with Gasteiger partial charge in [-0.3, -0.25) is 15.0 Å². The van der Waals surface area contributed by atoms with Gasteiger partial charge in [0.05, 0.1) is 6.04 Å². The van der Waals surface area contributed by atoms with E-state index in [9.17, 15) is 9.59 Å². The van der Waals surface area contributed by atoms with Crippen molar-refractivity contribution < 1.29 is 14.7 Å². The molecule has 6 heteroatoms. The second-order valence-electron chi connectivity index (χ2n) is 4.43. The van der Waals surface area contributed by atoms with Gasteiger partial charge < -0.3 is 10.8 Å². The fraction of sp³-hybridized carbons (Fsp3) is 0.818. The maximum atomic E-state index is 11.7. The number of nitrogens with zero attached hydrogens (tertiary/aromatic N) is 1. The van der Waals surface area contributed by atoms with E-state index in [2.05, 4.69) is 5.32 Å². The van der Waals surface area contributed by atoms with Crippen LogP contribution >= 0.6 is 0 Å². The maximum absolute atomic E-state index is 11.7. The summed E-state index contributed by atoms with van der Waals surface area (Å²) in [4.78, 5) is 24.4. The van der Waals surface area contributed by atoms with Gasteiger partial charge in [-0.15, -0.1) is 0 Å². The first-order chi connectivity index (χ1) is 8.06. The Bertz CT molecular complexity index is 281. The summed E-state index contributed by atoms with van der Waals surface area (Å²) in [5, 5.41) is 11.1. The molecule has 0 aliphatic carbocycles. The molecule has 6 nitrogen and oxygen atoms in total. The van der Waals surface area contributed by atoms with Crippen molar-refractivity contribution in [1.29, 1.82) is 0 Å². The van der Waals surface area contributed by atoms with E-state index in [-0.39, 0.29) is 24.6 Å². The Kier molecular flexibility index (Phi) is 5.37. The molecule has 17 heavy (non-hydrogen) atoms. The minimum atomic E-state index is -0.822. The molecule has 1 fully saturated rings. The van der Waals surface area contributed by atoms with Gasteiger partial charge >= 0.3 is 6.03 Å². The van der Waals surface area contributed by atoms with E-state index < -0.39 is 6.03 Å². The largest absolute Gasteiger partial charge is 0.396 e. The quantitative estimate of drug-likeness (QED) is 0.637. The molecule has 0 aromatic heterocycles. The maximum Gasteiger partial charge on any atom is 0.318 e. The number of amides is 3. The zero-order chi connectivity index (χ0) is 12.8. The van der Waals surface area contributed by atoms with Gasteiger partial charge in [0.15, 0.2) is 0 Å². The topological polar surface area (TPSA) is 95.7 Å². The SMILES string of the molecule is CC(C(=O)NC(N)=O)N1CCCCC1CCO. The molecule has 0 saturated carbocycles. The van der Waals surface area contributed by atoms with Gasteiger partial charge in [0.1, 0.15) is 0 Å². The molecule has 0 aromatic carbocycles. The predicted molar refractivity (Wildman–Crippen MR) is 63.2 cm³/mol. The molecule has 2 atom stereocenters. The van der Waals surface area contributed by atoms with Gasteiger partial charge in [-0.25, -0.2) is 4.79 Å². The van der Waals surface area contributed by atoms with Crippen molar-refractivity contribution in [2.24, 2.45) is 5.73 Å². The highest BCUT2D eigenvalue weighted by Gasteiger charge is 2.30. The molecule has 0 spiro atoms. The first-order valence-electron chi connectivity index (χ1n) is 6.03. The number of urea groups is 1. The lowest BCUT2D eigenvalue weighted by Gasteiger charge is -2.38. The summed E-state index contributed by atoms with van der Waals surface area (Å²) >= 11 is 0. The first kappa shape index (κ1) is 13.9. The molecule has 0 aromatic rings. The molecule has 1 aliphatic rings. The van der Waals surface area contributed by atoms with Crippen LogP contribution in [0, 0.1) is 0 Å². The molecule has 1 saturated heterocycles. The van der Waals surface area contributed by atoms with Crippen molar-refractivity contribution in [1.82, 2.24) is 10.2 Å². The van der Waals surface area contributed by atoms with E-state index in [1.807, 2.05) is 4.90 Å². The van der Waals surface area contributed by atoms with Gasteiger partial charge in [-0.2, -0.15) is 0 Å². The van der Waals surface area contributed by atoms with Crippen molar-refractivity contribution in [2.75, 3.05) is 13.2 Å². The zero-order valence-corrected chi connectivity index (χ0v) is 10.2. The third-order valence-corrected chi connectivity index (χ3v) is 3.26. The number of rotatable bonds is 4. The van der Waals surface area contributed by atoms with Gasteiger partial charge in [0, 0.05) is 12.6 Å². The van der Waals surface area contributed by atoms with Gasteiger partial charge in [-0.05, 0) is 32.7 Å².